The van der Waals surface area contributed by atoms with Gasteiger partial charge in [0, 0.05) is 27.4 Å². The van der Waals surface area contributed by atoms with Crippen molar-refractivity contribution >= 4 is 71.3 Å². The lowest BCUT2D eigenvalue weighted by Gasteiger charge is -2.30. The zero-order valence-corrected chi connectivity index (χ0v) is 23.9. The SMILES string of the molecule is c1ccc(-c2ccc3oc4c5ccccc5c5ccccc5c4c3c2N(c2ccccc2)c2cccc3ccccc23)cc1. The molecule has 0 fully saturated rings. The Bertz CT molecular complexity index is 2490. The minimum atomic E-state index is 0.873. The number of furan rings is 1. The Morgan fingerprint density at radius 2 is 1.00 bits per heavy atom. The smallest absolute Gasteiger partial charge is 0.143 e. The van der Waals surface area contributed by atoms with Crippen LogP contribution in [-0.2, 0) is 0 Å². The van der Waals surface area contributed by atoms with Crippen molar-refractivity contribution in [1.82, 2.24) is 0 Å². The first-order chi connectivity index (χ1) is 21.9. The molecule has 2 heteroatoms. The number of benzene rings is 8. The Balaban J connectivity index is 1.53. The molecule has 8 aromatic carbocycles. The molecule has 0 unspecified atom stereocenters. The Morgan fingerprint density at radius 3 is 1.77 bits per heavy atom. The van der Waals surface area contributed by atoms with Gasteiger partial charge in [0.2, 0.25) is 0 Å². The minimum Gasteiger partial charge on any atom is -0.455 e. The first-order valence-corrected chi connectivity index (χ1v) is 15.0. The molecule has 44 heavy (non-hydrogen) atoms. The van der Waals surface area contributed by atoms with E-state index in [1.54, 1.807) is 0 Å². The van der Waals surface area contributed by atoms with E-state index >= 15 is 0 Å². The van der Waals surface area contributed by atoms with Gasteiger partial charge in [0.25, 0.3) is 0 Å². The summed E-state index contributed by atoms with van der Waals surface area (Å²) in [7, 11) is 0. The molecule has 206 valence electrons. The van der Waals surface area contributed by atoms with Crippen molar-refractivity contribution in [3.63, 3.8) is 0 Å². The molecule has 0 radical (unpaired) electrons. The third-order valence-corrected chi connectivity index (χ3v) is 8.82. The summed E-state index contributed by atoms with van der Waals surface area (Å²) in [6.45, 7) is 0. The number of hydrogen-bond acceptors (Lipinski definition) is 2. The van der Waals surface area contributed by atoms with Gasteiger partial charge in [-0.2, -0.15) is 0 Å². The number of para-hydroxylation sites is 1. The van der Waals surface area contributed by atoms with E-state index in [2.05, 4.69) is 169 Å². The summed E-state index contributed by atoms with van der Waals surface area (Å²) in [4.78, 5) is 2.44. The average molecular weight is 562 g/mol. The summed E-state index contributed by atoms with van der Waals surface area (Å²) in [6, 6.07) is 58.4. The lowest BCUT2D eigenvalue weighted by Crippen LogP contribution is -2.12. The largest absolute Gasteiger partial charge is 0.455 e. The molecule has 1 heterocycles. The Kier molecular flexibility index (Phi) is 5.54. The monoisotopic (exact) mass is 561 g/mol. The van der Waals surface area contributed by atoms with Gasteiger partial charge < -0.3 is 9.32 Å². The summed E-state index contributed by atoms with van der Waals surface area (Å²) in [5.41, 5.74) is 7.42. The second-order valence-corrected chi connectivity index (χ2v) is 11.3. The average Bonchev–Trinajstić information content (AvgIpc) is 3.50. The van der Waals surface area contributed by atoms with Crippen LogP contribution < -0.4 is 4.90 Å². The zero-order valence-electron chi connectivity index (χ0n) is 23.9. The predicted octanol–water partition coefficient (Wildman–Crippen LogP) is 12.2. The molecule has 9 rings (SSSR count). The van der Waals surface area contributed by atoms with Gasteiger partial charge in [-0.05, 0) is 57.4 Å². The fraction of sp³-hybridized carbons (Fsp3) is 0. The van der Waals surface area contributed by atoms with Crippen LogP contribution in [0.5, 0.6) is 0 Å². The van der Waals surface area contributed by atoms with Gasteiger partial charge in [-0.3, -0.25) is 0 Å². The summed E-state index contributed by atoms with van der Waals surface area (Å²) >= 11 is 0. The second-order valence-electron chi connectivity index (χ2n) is 11.3. The van der Waals surface area contributed by atoms with Gasteiger partial charge in [-0.25, -0.2) is 0 Å². The zero-order chi connectivity index (χ0) is 29.0. The van der Waals surface area contributed by atoms with Crippen LogP contribution in [0, 0.1) is 0 Å². The molecule has 0 saturated carbocycles. The third-order valence-electron chi connectivity index (χ3n) is 8.82. The molecule has 0 amide bonds. The molecule has 0 N–H and O–H groups in total. The number of hydrogen-bond donors (Lipinski definition) is 0. The van der Waals surface area contributed by atoms with Gasteiger partial charge in [-0.15, -0.1) is 0 Å². The van der Waals surface area contributed by atoms with Crippen LogP contribution in [0.1, 0.15) is 0 Å². The molecule has 0 atom stereocenters. The highest BCUT2D eigenvalue weighted by Gasteiger charge is 2.26. The molecule has 0 spiro atoms. The Morgan fingerprint density at radius 1 is 0.409 bits per heavy atom. The van der Waals surface area contributed by atoms with Gasteiger partial charge in [0.05, 0.1) is 16.8 Å². The normalized spacial score (nSPS) is 11.6. The molecular weight excluding hydrogens is 534 g/mol. The molecule has 0 saturated heterocycles. The summed E-state index contributed by atoms with van der Waals surface area (Å²) in [5.74, 6) is 0. The maximum Gasteiger partial charge on any atom is 0.143 e. The van der Waals surface area contributed by atoms with E-state index in [1.165, 1.54) is 26.9 Å². The number of fused-ring (bicyclic) bond motifs is 9. The maximum atomic E-state index is 6.89. The molecule has 2 nitrogen and oxygen atoms in total. The molecular formula is C42H27NO. The Labute approximate surface area is 255 Å². The van der Waals surface area contributed by atoms with Gasteiger partial charge in [0.1, 0.15) is 11.2 Å². The standard InChI is InChI=1S/C42H27NO/c1-3-14-29(15-4-1)32-26-27-38-40(39-35-23-11-9-21-33(35)34-22-10-12-24-36(34)42(39)44-38)41(32)43(30-18-5-2-6-19-30)37-25-13-17-28-16-7-8-20-31(28)37/h1-27H. The summed E-state index contributed by atoms with van der Waals surface area (Å²) in [5, 5.41) is 9.40. The van der Waals surface area contributed by atoms with Crippen molar-refractivity contribution in [3.05, 3.63) is 164 Å². The Hall–Kier alpha value is -5.86. The van der Waals surface area contributed by atoms with Crippen LogP contribution in [0.2, 0.25) is 0 Å². The lowest BCUT2D eigenvalue weighted by molar-refractivity contribution is 0.673. The fourth-order valence-corrected chi connectivity index (χ4v) is 6.92. The van der Waals surface area contributed by atoms with E-state index in [0.717, 1.165) is 55.5 Å². The van der Waals surface area contributed by atoms with Gasteiger partial charge >= 0.3 is 0 Å². The van der Waals surface area contributed by atoms with Crippen molar-refractivity contribution in [2.75, 3.05) is 4.90 Å². The van der Waals surface area contributed by atoms with Crippen molar-refractivity contribution in [1.29, 1.82) is 0 Å². The van der Waals surface area contributed by atoms with Crippen LogP contribution >= 0.6 is 0 Å². The fourth-order valence-electron chi connectivity index (χ4n) is 6.92. The van der Waals surface area contributed by atoms with Crippen molar-refractivity contribution in [3.8, 4) is 11.1 Å². The van der Waals surface area contributed by atoms with Crippen molar-refractivity contribution in [2.24, 2.45) is 0 Å². The molecule has 0 aliphatic carbocycles. The highest BCUT2D eigenvalue weighted by atomic mass is 16.3. The molecule has 0 aliphatic rings. The van der Waals surface area contributed by atoms with E-state index in [-0.39, 0.29) is 0 Å². The maximum absolute atomic E-state index is 6.89. The molecule has 0 bridgehead atoms. The lowest BCUT2D eigenvalue weighted by atomic mass is 9.93. The van der Waals surface area contributed by atoms with E-state index in [1.807, 2.05) is 0 Å². The topological polar surface area (TPSA) is 16.4 Å². The van der Waals surface area contributed by atoms with E-state index in [0.29, 0.717) is 0 Å². The number of nitrogens with zero attached hydrogens (tertiary/aromatic N) is 1. The number of anilines is 3. The van der Waals surface area contributed by atoms with Crippen LogP contribution in [0.25, 0.3) is 65.4 Å². The molecule has 0 aliphatic heterocycles. The minimum absolute atomic E-state index is 0.873. The summed E-state index contributed by atoms with van der Waals surface area (Å²) < 4.78 is 6.89. The van der Waals surface area contributed by atoms with Crippen LogP contribution in [0.4, 0.5) is 17.1 Å². The number of rotatable bonds is 4. The van der Waals surface area contributed by atoms with Crippen LogP contribution in [0.3, 0.4) is 0 Å². The van der Waals surface area contributed by atoms with Gasteiger partial charge in [-0.1, -0.05) is 133 Å². The first kappa shape index (κ1) is 24.7. The van der Waals surface area contributed by atoms with Crippen molar-refractivity contribution < 1.29 is 4.42 Å². The van der Waals surface area contributed by atoms with E-state index in [4.69, 9.17) is 4.42 Å². The second kappa shape index (κ2) is 9.86. The van der Waals surface area contributed by atoms with E-state index in [9.17, 15) is 0 Å². The van der Waals surface area contributed by atoms with Crippen LogP contribution in [0.15, 0.2) is 168 Å². The van der Waals surface area contributed by atoms with Crippen LogP contribution in [-0.4, -0.2) is 0 Å². The van der Waals surface area contributed by atoms with Gasteiger partial charge in [0.15, 0.2) is 0 Å². The molecule has 1 aromatic heterocycles. The first-order valence-electron chi connectivity index (χ1n) is 15.0. The summed E-state index contributed by atoms with van der Waals surface area (Å²) in [6.07, 6.45) is 0. The third kappa shape index (κ3) is 3.68. The molecule has 9 aromatic rings. The van der Waals surface area contributed by atoms with Crippen molar-refractivity contribution in [2.45, 2.75) is 0 Å². The predicted molar refractivity (Wildman–Crippen MR) is 186 cm³/mol. The quantitative estimate of drug-likeness (QED) is 0.199. The highest BCUT2D eigenvalue weighted by molar-refractivity contribution is 6.33. The highest BCUT2D eigenvalue weighted by Crippen LogP contribution is 2.51. The van der Waals surface area contributed by atoms with E-state index < -0.39 is 0 Å².